The molecule has 2 aliphatic rings. The van der Waals surface area contributed by atoms with E-state index in [0.717, 1.165) is 49.7 Å². The summed E-state index contributed by atoms with van der Waals surface area (Å²) >= 11 is 1.27. The summed E-state index contributed by atoms with van der Waals surface area (Å²) < 4.78 is 13.1. The molecular formula is C30H40FN7O3S. The minimum atomic E-state index is -0.445. The summed E-state index contributed by atoms with van der Waals surface area (Å²) in [5.41, 5.74) is 8.62. The Bertz CT molecular complexity index is 1260. The predicted octanol–water partition coefficient (Wildman–Crippen LogP) is 2.26. The van der Waals surface area contributed by atoms with Crippen LogP contribution in [0.5, 0.6) is 0 Å². The molecule has 0 aromatic heterocycles. The van der Waals surface area contributed by atoms with Gasteiger partial charge in [-0.25, -0.2) is 4.39 Å². The van der Waals surface area contributed by atoms with Gasteiger partial charge in [-0.3, -0.25) is 14.4 Å². The number of hydrogen-bond donors (Lipinski definition) is 4. The molecule has 42 heavy (non-hydrogen) atoms. The van der Waals surface area contributed by atoms with Gasteiger partial charge in [0.05, 0.1) is 0 Å². The lowest BCUT2D eigenvalue weighted by Gasteiger charge is -2.32. The average molecular weight is 598 g/mol. The van der Waals surface area contributed by atoms with Crippen molar-refractivity contribution in [2.24, 2.45) is 5.73 Å². The van der Waals surface area contributed by atoms with Gasteiger partial charge in [-0.15, -0.1) is 0 Å². The van der Waals surface area contributed by atoms with Gasteiger partial charge in [0.15, 0.2) is 0 Å². The topological polar surface area (TPSA) is 123 Å². The van der Waals surface area contributed by atoms with E-state index in [1.165, 1.54) is 28.8 Å². The molecule has 4 rings (SSSR count). The van der Waals surface area contributed by atoms with Crippen molar-refractivity contribution in [2.75, 3.05) is 70.0 Å². The van der Waals surface area contributed by atoms with Gasteiger partial charge in [-0.1, -0.05) is 23.9 Å². The summed E-state index contributed by atoms with van der Waals surface area (Å²) in [5, 5.41) is 9.01. The minimum absolute atomic E-state index is 0.00419. The van der Waals surface area contributed by atoms with E-state index in [2.05, 4.69) is 32.8 Å². The van der Waals surface area contributed by atoms with Gasteiger partial charge in [0, 0.05) is 70.2 Å². The molecule has 226 valence electrons. The molecule has 2 aromatic carbocycles. The number of amides is 3. The van der Waals surface area contributed by atoms with E-state index in [1.807, 2.05) is 31.2 Å². The van der Waals surface area contributed by atoms with Gasteiger partial charge >= 0.3 is 0 Å². The number of hydrogen-bond acceptors (Lipinski definition) is 8. The Balaban J connectivity index is 1.24. The molecule has 0 aliphatic carbocycles. The summed E-state index contributed by atoms with van der Waals surface area (Å²) in [6.07, 6.45) is 0.980. The number of carbonyl (C=O) groups excluding carboxylic acids is 3. The molecule has 2 heterocycles. The highest BCUT2D eigenvalue weighted by atomic mass is 32.2. The van der Waals surface area contributed by atoms with Crippen LogP contribution in [-0.4, -0.2) is 97.1 Å². The van der Waals surface area contributed by atoms with Crippen molar-refractivity contribution in [1.29, 1.82) is 0 Å². The number of thioether (sulfide) groups is 1. The van der Waals surface area contributed by atoms with Gasteiger partial charge in [0.1, 0.15) is 21.8 Å². The van der Waals surface area contributed by atoms with Gasteiger partial charge in [0.25, 0.3) is 5.91 Å². The van der Waals surface area contributed by atoms with Crippen LogP contribution < -0.4 is 21.7 Å². The molecule has 3 amide bonds. The van der Waals surface area contributed by atoms with Crippen molar-refractivity contribution in [3.05, 3.63) is 70.6 Å². The van der Waals surface area contributed by atoms with E-state index >= 15 is 0 Å². The number of nitrogens with zero attached hydrogens (tertiary/aromatic N) is 3. The smallest absolute Gasteiger partial charge is 0.269 e. The van der Waals surface area contributed by atoms with Crippen molar-refractivity contribution in [1.82, 2.24) is 20.0 Å². The van der Waals surface area contributed by atoms with E-state index < -0.39 is 11.2 Å². The van der Waals surface area contributed by atoms with E-state index in [1.54, 1.807) is 12.1 Å². The second kappa shape index (κ2) is 15.0. The number of anilines is 2. The highest BCUT2D eigenvalue weighted by molar-refractivity contribution is 8.04. The van der Waals surface area contributed by atoms with Crippen LogP contribution in [0.4, 0.5) is 15.8 Å². The van der Waals surface area contributed by atoms with Crippen LogP contribution in [-0.2, 0) is 20.8 Å². The number of halogens is 1. The molecular weight excluding hydrogens is 557 g/mol. The number of nitrogens with one attached hydrogen (secondary N) is 3. The average Bonchev–Trinajstić information content (AvgIpc) is 3.31. The zero-order valence-electron chi connectivity index (χ0n) is 24.2. The molecule has 0 spiro atoms. The Morgan fingerprint density at radius 2 is 1.69 bits per heavy atom. The second-order valence-electron chi connectivity index (χ2n) is 10.4. The van der Waals surface area contributed by atoms with Crippen LogP contribution in [0.3, 0.4) is 0 Å². The molecule has 0 unspecified atom stereocenters. The van der Waals surface area contributed by atoms with Crippen LogP contribution >= 0.6 is 11.8 Å². The first-order valence-electron chi connectivity index (χ1n) is 14.3. The van der Waals surface area contributed by atoms with Crippen LogP contribution in [0, 0.1) is 5.82 Å². The Morgan fingerprint density at radius 3 is 2.36 bits per heavy atom. The zero-order valence-corrected chi connectivity index (χ0v) is 25.0. The van der Waals surface area contributed by atoms with Crippen molar-refractivity contribution in [2.45, 2.75) is 25.0 Å². The van der Waals surface area contributed by atoms with Crippen molar-refractivity contribution >= 4 is 40.9 Å². The third kappa shape index (κ3) is 8.70. The Morgan fingerprint density at radius 1 is 1.02 bits per heavy atom. The second-order valence-corrected chi connectivity index (χ2v) is 11.6. The van der Waals surface area contributed by atoms with Crippen LogP contribution in [0.1, 0.15) is 18.9 Å². The van der Waals surface area contributed by atoms with E-state index in [9.17, 15) is 18.8 Å². The van der Waals surface area contributed by atoms with Crippen LogP contribution in [0.25, 0.3) is 0 Å². The molecule has 2 aromatic rings. The number of benzene rings is 2. The fourth-order valence-electron chi connectivity index (χ4n) is 4.76. The highest BCUT2D eigenvalue weighted by Crippen LogP contribution is 2.36. The first-order valence-corrected chi connectivity index (χ1v) is 15.2. The van der Waals surface area contributed by atoms with Crippen molar-refractivity contribution < 1.29 is 18.8 Å². The Kier molecular flexibility index (Phi) is 11.2. The van der Waals surface area contributed by atoms with E-state index in [-0.39, 0.29) is 23.3 Å². The predicted molar refractivity (Wildman–Crippen MR) is 165 cm³/mol. The number of rotatable bonds is 12. The molecule has 12 heteroatoms. The quantitative estimate of drug-likeness (QED) is 0.275. The molecule has 1 atom stereocenters. The fourth-order valence-corrected chi connectivity index (χ4v) is 5.99. The monoisotopic (exact) mass is 597 g/mol. The summed E-state index contributed by atoms with van der Waals surface area (Å²) in [7, 11) is 2.11. The molecule has 0 saturated carbocycles. The number of likely N-dealkylation sites (N-methyl/N-ethyl adjacent to an activating group) is 1. The lowest BCUT2D eigenvalue weighted by molar-refractivity contribution is -0.127. The maximum Gasteiger partial charge on any atom is 0.269 e. The standard InChI is InChI=1S/C30H40FN7O3S/c1-3-38-29(41)25(42-30(38)27(32)28(40)33-14-12-21-4-6-22(31)7-5-21)20-34-23-8-10-24(11-9-23)35-26(39)13-15-37-18-16-36(2)17-19-37/h4-11,25,34H,3,12-20,32H2,1-2H3,(H,33,40)(H,35,39)/b30-27+/t25-/m1/s1. The van der Waals surface area contributed by atoms with Crippen molar-refractivity contribution in [3.8, 4) is 0 Å². The van der Waals surface area contributed by atoms with E-state index in [4.69, 9.17) is 5.73 Å². The number of carbonyl (C=O) groups is 3. The Labute approximate surface area is 250 Å². The molecule has 0 bridgehead atoms. The zero-order chi connectivity index (χ0) is 30.1. The lowest BCUT2D eigenvalue weighted by Crippen LogP contribution is -2.45. The van der Waals surface area contributed by atoms with Crippen LogP contribution in [0.2, 0.25) is 0 Å². The molecule has 0 radical (unpaired) electrons. The van der Waals surface area contributed by atoms with Gasteiger partial charge in [-0.2, -0.15) is 0 Å². The van der Waals surface area contributed by atoms with Gasteiger partial charge < -0.3 is 36.4 Å². The maximum absolute atomic E-state index is 13.1. The third-order valence-electron chi connectivity index (χ3n) is 7.36. The van der Waals surface area contributed by atoms with Gasteiger partial charge in [-0.05, 0) is 62.4 Å². The minimum Gasteiger partial charge on any atom is -0.392 e. The SMILES string of the molecule is CCN1C(=O)[C@@H](CNc2ccc(NC(=O)CCN3CCN(C)CC3)cc2)S/C1=C(/N)C(=O)NCCc1ccc(F)cc1. The summed E-state index contributed by atoms with van der Waals surface area (Å²) in [6.45, 7) is 7.68. The van der Waals surface area contributed by atoms with Crippen molar-refractivity contribution in [3.63, 3.8) is 0 Å². The lowest BCUT2D eigenvalue weighted by atomic mass is 10.1. The summed E-state index contributed by atoms with van der Waals surface area (Å²) in [4.78, 5) is 44.3. The molecule has 2 saturated heterocycles. The summed E-state index contributed by atoms with van der Waals surface area (Å²) in [6, 6.07) is 13.5. The molecule has 5 N–H and O–H groups in total. The highest BCUT2D eigenvalue weighted by Gasteiger charge is 2.38. The normalized spacial score (nSPS) is 19.1. The first kappa shape index (κ1) is 31.3. The third-order valence-corrected chi connectivity index (χ3v) is 8.67. The van der Waals surface area contributed by atoms with Gasteiger partial charge in [0.2, 0.25) is 11.8 Å². The maximum atomic E-state index is 13.1. The largest absolute Gasteiger partial charge is 0.392 e. The first-order chi connectivity index (χ1) is 20.2. The van der Waals surface area contributed by atoms with Crippen LogP contribution in [0.15, 0.2) is 59.3 Å². The molecule has 10 nitrogen and oxygen atoms in total. The number of nitrogens with two attached hydrogens (primary N) is 1. The Hall–Kier alpha value is -3.61. The fraction of sp³-hybridized carbons (Fsp3) is 0.433. The molecule has 2 aliphatic heterocycles. The summed E-state index contributed by atoms with van der Waals surface area (Å²) in [5.74, 6) is -0.882. The molecule has 2 fully saturated rings. The number of piperazine rings is 1. The van der Waals surface area contributed by atoms with E-state index in [0.29, 0.717) is 37.5 Å².